The largest absolute Gasteiger partial charge is 0.480 e. The number of carbonyl (C=O) groups excluding carboxylic acids is 1. The summed E-state index contributed by atoms with van der Waals surface area (Å²) in [5, 5.41) is 22.0. The van der Waals surface area contributed by atoms with E-state index >= 15 is 0 Å². The summed E-state index contributed by atoms with van der Waals surface area (Å²) in [6, 6.07) is 6.95. The highest BCUT2D eigenvalue weighted by Crippen LogP contribution is 2.33. The number of aliphatic carboxylic acids is 2. The van der Waals surface area contributed by atoms with Crippen molar-refractivity contribution in [2.24, 2.45) is 11.8 Å². The van der Waals surface area contributed by atoms with E-state index in [9.17, 15) is 24.6 Å². The third-order valence-electron chi connectivity index (χ3n) is 5.92. The van der Waals surface area contributed by atoms with Crippen molar-refractivity contribution in [1.29, 1.82) is 0 Å². The maximum atomic E-state index is 13.0. The molecule has 158 valence electrons. The van der Waals surface area contributed by atoms with Gasteiger partial charge in [0.1, 0.15) is 12.1 Å². The van der Waals surface area contributed by atoms with Gasteiger partial charge < -0.3 is 19.8 Å². The van der Waals surface area contributed by atoms with Crippen LogP contribution in [0, 0.1) is 11.8 Å². The lowest BCUT2D eigenvalue weighted by atomic mass is 9.84. The minimum Gasteiger partial charge on any atom is -0.480 e. The van der Waals surface area contributed by atoms with Gasteiger partial charge in [-0.3, -0.25) is 14.9 Å². The zero-order valence-electron chi connectivity index (χ0n) is 16.5. The van der Waals surface area contributed by atoms with Gasteiger partial charge in [0, 0.05) is 19.1 Å². The molecule has 2 fully saturated rings. The molecular weight excluding hydrogens is 376 g/mol. The van der Waals surface area contributed by atoms with Gasteiger partial charge in [-0.05, 0) is 37.7 Å². The van der Waals surface area contributed by atoms with Crippen LogP contribution >= 0.6 is 0 Å². The number of ether oxygens (including phenoxy) is 1. The molecule has 3 unspecified atom stereocenters. The monoisotopic (exact) mass is 404 g/mol. The second-order valence-electron chi connectivity index (χ2n) is 7.94. The highest BCUT2D eigenvalue weighted by molar-refractivity contribution is 5.87. The average Bonchev–Trinajstić information content (AvgIpc) is 3.17. The van der Waals surface area contributed by atoms with Crippen LogP contribution in [0.1, 0.15) is 25.3 Å². The Morgan fingerprint density at radius 1 is 1.17 bits per heavy atom. The highest BCUT2D eigenvalue weighted by Gasteiger charge is 2.44. The number of nitrogens with zero attached hydrogens (tertiary/aromatic N) is 1. The Morgan fingerprint density at radius 3 is 2.52 bits per heavy atom. The molecule has 0 aliphatic carbocycles. The number of carbonyl (C=O) groups is 3. The number of amides is 1. The summed E-state index contributed by atoms with van der Waals surface area (Å²) in [5.74, 6) is -2.15. The number of likely N-dealkylation sites (tertiary alicyclic amines) is 1. The number of fused-ring (bicyclic) bond motifs is 1. The summed E-state index contributed by atoms with van der Waals surface area (Å²) in [5.41, 5.74) is 1.02. The second kappa shape index (κ2) is 9.37. The molecule has 3 N–H and O–H groups in total. The van der Waals surface area contributed by atoms with Gasteiger partial charge in [0.2, 0.25) is 5.91 Å². The number of rotatable bonds is 8. The first-order valence-corrected chi connectivity index (χ1v) is 10.0. The van der Waals surface area contributed by atoms with Gasteiger partial charge in [0.15, 0.2) is 0 Å². The molecule has 0 saturated carbocycles. The van der Waals surface area contributed by atoms with E-state index in [2.05, 4.69) is 5.32 Å². The normalized spacial score (nSPS) is 25.8. The van der Waals surface area contributed by atoms with E-state index in [0.29, 0.717) is 39.0 Å². The van der Waals surface area contributed by atoms with Crippen LogP contribution in [0.2, 0.25) is 0 Å². The Hall–Kier alpha value is -2.45. The van der Waals surface area contributed by atoms with Crippen molar-refractivity contribution in [3.05, 3.63) is 35.9 Å². The third kappa shape index (κ3) is 5.13. The molecule has 2 aliphatic heterocycles. The molecular formula is C21H28N2O6. The molecule has 5 atom stereocenters. The molecule has 1 amide bonds. The number of carboxylic acids is 2. The number of aryl methyl sites for hydroxylation is 1. The Kier molecular flexibility index (Phi) is 6.87. The summed E-state index contributed by atoms with van der Waals surface area (Å²) in [6.07, 6.45) is 1.26. The number of nitrogens with one attached hydrogen (secondary N) is 1. The first kappa shape index (κ1) is 21.3. The van der Waals surface area contributed by atoms with E-state index in [1.165, 1.54) is 4.90 Å². The van der Waals surface area contributed by atoms with Crippen molar-refractivity contribution in [2.75, 3.05) is 19.8 Å². The smallest absolute Gasteiger partial charge is 0.326 e. The van der Waals surface area contributed by atoms with E-state index in [0.717, 1.165) is 5.56 Å². The summed E-state index contributed by atoms with van der Waals surface area (Å²) >= 11 is 0. The molecule has 29 heavy (non-hydrogen) atoms. The van der Waals surface area contributed by atoms with Crippen LogP contribution < -0.4 is 5.32 Å². The Labute approximate surface area is 169 Å². The molecule has 2 heterocycles. The lowest BCUT2D eigenvalue weighted by Crippen LogP contribution is -2.59. The third-order valence-corrected chi connectivity index (χ3v) is 5.92. The molecule has 2 aliphatic rings. The lowest BCUT2D eigenvalue weighted by Gasteiger charge is -2.40. The SMILES string of the molecule is CC(N[C@@H](CCc1ccccc1)C(=O)O)C(=O)N1CC2COCC2C[C@H]1C(=O)O. The number of benzene rings is 1. The fraction of sp³-hybridized carbons (Fsp3) is 0.571. The molecule has 8 nitrogen and oxygen atoms in total. The van der Waals surface area contributed by atoms with Crippen molar-refractivity contribution in [3.63, 3.8) is 0 Å². The van der Waals surface area contributed by atoms with Crippen molar-refractivity contribution >= 4 is 17.8 Å². The molecule has 0 radical (unpaired) electrons. The van der Waals surface area contributed by atoms with Gasteiger partial charge in [-0.25, -0.2) is 4.79 Å². The molecule has 1 aromatic rings. The molecule has 1 aromatic carbocycles. The summed E-state index contributed by atoms with van der Waals surface area (Å²) in [7, 11) is 0. The van der Waals surface area contributed by atoms with Crippen molar-refractivity contribution < 1.29 is 29.3 Å². The number of hydrogen-bond donors (Lipinski definition) is 3. The lowest BCUT2D eigenvalue weighted by molar-refractivity contribution is -0.155. The van der Waals surface area contributed by atoms with Crippen LogP contribution in [0.25, 0.3) is 0 Å². The maximum Gasteiger partial charge on any atom is 0.326 e. The number of hydrogen-bond acceptors (Lipinski definition) is 5. The molecule has 0 aromatic heterocycles. The van der Waals surface area contributed by atoms with Crippen LogP contribution in [0.3, 0.4) is 0 Å². The number of carboxylic acid groups (broad SMARTS) is 2. The van der Waals surface area contributed by atoms with E-state index in [4.69, 9.17) is 4.74 Å². The van der Waals surface area contributed by atoms with Crippen LogP contribution in [0.5, 0.6) is 0 Å². The number of piperidine rings is 1. The zero-order valence-corrected chi connectivity index (χ0v) is 16.5. The first-order valence-electron chi connectivity index (χ1n) is 10.0. The highest BCUT2D eigenvalue weighted by atomic mass is 16.5. The minimum absolute atomic E-state index is 0.134. The van der Waals surface area contributed by atoms with Gasteiger partial charge in [-0.1, -0.05) is 30.3 Å². The molecule has 8 heteroatoms. The van der Waals surface area contributed by atoms with Crippen LogP contribution in [0.15, 0.2) is 30.3 Å². The van der Waals surface area contributed by atoms with Gasteiger partial charge in [-0.2, -0.15) is 0 Å². The van der Waals surface area contributed by atoms with Gasteiger partial charge in [0.05, 0.1) is 12.6 Å². The van der Waals surface area contributed by atoms with Crippen LogP contribution in [-0.4, -0.2) is 70.8 Å². The topological polar surface area (TPSA) is 116 Å². The molecule has 0 spiro atoms. The van der Waals surface area contributed by atoms with Gasteiger partial charge >= 0.3 is 11.9 Å². The van der Waals surface area contributed by atoms with Crippen LogP contribution in [0.4, 0.5) is 0 Å². The maximum absolute atomic E-state index is 13.0. The Bertz CT molecular complexity index is 740. The van der Waals surface area contributed by atoms with Crippen molar-refractivity contribution in [1.82, 2.24) is 10.2 Å². The van der Waals surface area contributed by atoms with Gasteiger partial charge in [0.25, 0.3) is 0 Å². The summed E-state index contributed by atoms with van der Waals surface area (Å²) in [4.78, 5) is 37.8. The average molecular weight is 404 g/mol. The van der Waals surface area contributed by atoms with E-state index in [-0.39, 0.29) is 17.7 Å². The Balaban J connectivity index is 1.63. The van der Waals surface area contributed by atoms with E-state index < -0.39 is 30.1 Å². The summed E-state index contributed by atoms with van der Waals surface area (Å²) < 4.78 is 5.45. The van der Waals surface area contributed by atoms with Crippen molar-refractivity contribution in [3.8, 4) is 0 Å². The standard InChI is InChI=1S/C21H28N2O6/c1-13(22-17(20(25)26)8-7-14-5-3-2-4-6-14)19(24)23-10-16-12-29-11-15(16)9-18(23)21(27)28/h2-6,13,15-18,22H,7-12H2,1H3,(H,25,26)(H,27,28)/t13?,15?,16?,17-,18-/m0/s1. The summed E-state index contributed by atoms with van der Waals surface area (Å²) in [6.45, 7) is 2.98. The van der Waals surface area contributed by atoms with E-state index in [1.54, 1.807) is 6.92 Å². The fourth-order valence-corrected chi connectivity index (χ4v) is 4.23. The van der Waals surface area contributed by atoms with Gasteiger partial charge in [-0.15, -0.1) is 0 Å². The molecule has 0 bridgehead atoms. The van der Waals surface area contributed by atoms with Crippen LogP contribution in [-0.2, 0) is 25.5 Å². The predicted octanol–water partition coefficient (Wildman–Crippen LogP) is 0.999. The molecule has 2 saturated heterocycles. The van der Waals surface area contributed by atoms with E-state index in [1.807, 2.05) is 30.3 Å². The quantitative estimate of drug-likeness (QED) is 0.592. The van der Waals surface area contributed by atoms with Crippen molar-refractivity contribution in [2.45, 2.75) is 44.3 Å². The minimum atomic E-state index is -1.03. The predicted molar refractivity (Wildman–Crippen MR) is 104 cm³/mol. The zero-order chi connectivity index (χ0) is 21.0. The molecule has 3 rings (SSSR count). The first-order chi connectivity index (χ1) is 13.9. The Morgan fingerprint density at radius 2 is 1.86 bits per heavy atom. The fourth-order valence-electron chi connectivity index (χ4n) is 4.23. The second-order valence-corrected chi connectivity index (χ2v) is 7.94.